The third kappa shape index (κ3) is 5.50. The number of carbonyl (C=O) groups excluding carboxylic acids is 2. The molecular weight excluding hydrogens is 340 g/mol. The Labute approximate surface area is 152 Å². The quantitative estimate of drug-likeness (QED) is 0.823. The molecule has 0 unspecified atom stereocenters. The first kappa shape index (κ1) is 18.8. The summed E-state index contributed by atoms with van der Waals surface area (Å²) in [6.45, 7) is 5.64. The number of amides is 2. The van der Waals surface area contributed by atoms with Crippen molar-refractivity contribution in [1.82, 2.24) is 5.32 Å². The SMILES string of the molecule is Cc1cc(OC(C)C)ccc1NC(=O)CNC(=O)c1ccccc1Cl. The molecule has 0 saturated carbocycles. The van der Waals surface area contributed by atoms with Crippen LogP contribution in [-0.2, 0) is 4.79 Å². The fourth-order valence-electron chi connectivity index (χ4n) is 2.22. The van der Waals surface area contributed by atoms with Gasteiger partial charge in [0.05, 0.1) is 23.2 Å². The van der Waals surface area contributed by atoms with Crippen LogP contribution < -0.4 is 15.4 Å². The summed E-state index contributed by atoms with van der Waals surface area (Å²) in [5, 5.41) is 5.67. The second-order valence-electron chi connectivity index (χ2n) is 5.85. The molecule has 0 aromatic heterocycles. The molecule has 0 aliphatic rings. The van der Waals surface area contributed by atoms with Crippen LogP contribution in [0.2, 0.25) is 5.02 Å². The van der Waals surface area contributed by atoms with Crippen LogP contribution in [0.1, 0.15) is 29.8 Å². The Morgan fingerprint density at radius 2 is 1.88 bits per heavy atom. The second-order valence-corrected chi connectivity index (χ2v) is 6.26. The zero-order valence-corrected chi connectivity index (χ0v) is 15.2. The van der Waals surface area contributed by atoms with E-state index in [1.807, 2.05) is 26.8 Å². The first-order chi connectivity index (χ1) is 11.9. The minimum absolute atomic E-state index is 0.0832. The van der Waals surface area contributed by atoms with Crippen LogP contribution >= 0.6 is 11.6 Å². The lowest BCUT2D eigenvalue weighted by Gasteiger charge is -2.13. The van der Waals surface area contributed by atoms with E-state index >= 15 is 0 Å². The molecule has 6 heteroatoms. The second kappa shape index (κ2) is 8.53. The summed E-state index contributed by atoms with van der Waals surface area (Å²) in [7, 11) is 0. The van der Waals surface area contributed by atoms with E-state index in [1.54, 1.807) is 36.4 Å². The van der Waals surface area contributed by atoms with Crippen LogP contribution in [-0.4, -0.2) is 24.5 Å². The topological polar surface area (TPSA) is 67.4 Å². The molecule has 25 heavy (non-hydrogen) atoms. The highest BCUT2D eigenvalue weighted by Crippen LogP contribution is 2.22. The molecule has 2 aromatic rings. The summed E-state index contributed by atoms with van der Waals surface area (Å²) in [6, 6.07) is 12.1. The van der Waals surface area contributed by atoms with Crippen molar-refractivity contribution >= 4 is 29.1 Å². The van der Waals surface area contributed by atoms with Crippen LogP contribution in [0.5, 0.6) is 5.75 Å². The van der Waals surface area contributed by atoms with E-state index in [0.717, 1.165) is 11.3 Å². The van der Waals surface area contributed by atoms with Gasteiger partial charge in [0.2, 0.25) is 5.91 Å². The van der Waals surface area contributed by atoms with E-state index in [9.17, 15) is 9.59 Å². The van der Waals surface area contributed by atoms with Gasteiger partial charge in [0.15, 0.2) is 0 Å². The maximum Gasteiger partial charge on any atom is 0.253 e. The Balaban J connectivity index is 1.92. The Kier molecular flexibility index (Phi) is 6.42. The molecule has 0 spiro atoms. The number of nitrogens with one attached hydrogen (secondary N) is 2. The molecule has 2 amide bonds. The van der Waals surface area contributed by atoms with Gasteiger partial charge in [-0.2, -0.15) is 0 Å². The fraction of sp³-hybridized carbons (Fsp3) is 0.263. The van der Waals surface area contributed by atoms with Crippen molar-refractivity contribution in [2.75, 3.05) is 11.9 Å². The first-order valence-electron chi connectivity index (χ1n) is 7.96. The summed E-state index contributed by atoms with van der Waals surface area (Å²) >= 11 is 5.96. The maximum absolute atomic E-state index is 12.1. The van der Waals surface area contributed by atoms with E-state index < -0.39 is 5.91 Å². The van der Waals surface area contributed by atoms with Crippen molar-refractivity contribution < 1.29 is 14.3 Å². The normalized spacial score (nSPS) is 10.4. The molecule has 2 rings (SSSR count). The van der Waals surface area contributed by atoms with E-state index in [2.05, 4.69) is 10.6 Å². The third-order valence-electron chi connectivity index (χ3n) is 3.37. The number of carbonyl (C=O) groups is 2. The number of hydrogen-bond donors (Lipinski definition) is 2. The van der Waals surface area contributed by atoms with Crippen molar-refractivity contribution in [1.29, 1.82) is 0 Å². The van der Waals surface area contributed by atoms with Gasteiger partial charge in [-0.3, -0.25) is 9.59 Å². The van der Waals surface area contributed by atoms with Gasteiger partial charge in [-0.1, -0.05) is 23.7 Å². The van der Waals surface area contributed by atoms with Crippen molar-refractivity contribution in [3.63, 3.8) is 0 Å². The molecule has 0 aliphatic heterocycles. The van der Waals surface area contributed by atoms with Gasteiger partial charge in [-0.15, -0.1) is 0 Å². The van der Waals surface area contributed by atoms with Gasteiger partial charge >= 0.3 is 0 Å². The predicted octanol–water partition coefficient (Wildman–Crippen LogP) is 3.80. The minimum Gasteiger partial charge on any atom is -0.491 e. The van der Waals surface area contributed by atoms with Crippen molar-refractivity contribution in [3.05, 3.63) is 58.6 Å². The molecule has 0 radical (unpaired) electrons. The molecule has 5 nitrogen and oxygen atoms in total. The number of ether oxygens (including phenoxy) is 1. The third-order valence-corrected chi connectivity index (χ3v) is 3.70. The number of benzene rings is 2. The van der Waals surface area contributed by atoms with E-state index in [4.69, 9.17) is 16.3 Å². The van der Waals surface area contributed by atoms with Gasteiger partial charge in [-0.05, 0) is 56.7 Å². The van der Waals surface area contributed by atoms with Gasteiger partial charge < -0.3 is 15.4 Å². The van der Waals surface area contributed by atoms with E-state index in [1.165, 1.54) is 0 Å². The molecule has 0 heterocycles. The largest absolute Gasteiger partial charge is 0.491 e. The van der Waals surface area contributed by atoms with Gasteiger partial charge in [-0.25, -0.2) is 0 Å². The average Bonchev–Trinajstić information content (AvgIpc) is 2.55. The summed E-state index contributed by atoms with van der Waals surface area (Å²) < 4.78 is 5.61. The van der Waals surface area contributed by atoms with Gasteiger partial charge in [0, 0.05) is 5.69 Å². The molecule has 2 aromatic carbocycles. The average molecular weight is 361 g/mol. The molecule has 0 aliphatic carbocycles. The highest BCUT2D eigenvalue weighted by molar-refractivity contribution is 6.33. The first-order valence-corrected chi connectivity index (χ1v) is 8.34. The summed E-state index contributed by atoms with van der Waals surface area (Å²) in [4.78, 5) is 24.1. The maximum atomic E-state index is 12.1. The monoisotopic (exact) mass is 360 g/mol. The van der Waals surface area contributed by atoms with E-state index in [-0.39, 0.29) is 18.6 Å². The lowest BCUT2D eigenvalue weighted by Crippen LogP contribution is -2.33. The van der Waals surface area contributed by atoms with Crippen LogP contribution in [0.25, 0.3) is 0 Å². The number of halogens is 1. The van der Waals surface area contributed by atoms with Crippen molar-refractivity contribution in [2.24, 2.45) is 0 Å². The highest BCUT2D eigenvalue weighted by atomic mass is 35.5. The van der Waals surface area contributed by atoms with Crippen molar-refractivity contribution in [3.8, 4) is 5.75 Å². The number of aryl methyl sites for hydroxylation is 1. The molecule has 0 bridgehead atoms. The molecular formula is C19H21ClN2O3. The van der Waals surface area contributed by atoms with Gasteiger partial charge in [0.25, 0.3) is 5.91 Å². The summed E-state index contributed by atoms with van der Waals surface area (Å²) in [5.41, 5.74) is 1.89. The molecule has 0 fully saturated rings. The number of anilines is 1. The molecule has 0 saturated heterocycles. The Morgan fingerprint density at radius 1 is 1.16 bits per heavy atom. The van der Waals surface area contributed by atoms with E-state index in [0.29, 0.717) is 16.3 Å². The molecule has 0 atom stereocenters. The minimum atomic E-state index is -0.391. The van der Waals surface area contributed by atoms with Crippen LogP contribution in [0.4, 0.5) is 5.69 Å². The predicted molar refractivity (Wildman–Crippen MR) is 99.4 cm³/mol. The van der Waals surface area contributed by atoms with Crippen LogP contribution in [0.15, 0.2) is 42.5 Å². The lowest BCUT2D eigenvalue weighted by molar-refractivity contribution is -0.115. The van der Waals surface area contributed by atoms with Crippen molar-refractivity contribution in [2.45, 2.75) is 26.9 Å². The Hall–Kier alpha value is -2.53. The molecule has 2 N–H and O–H groups in total. The fourth-order valence-corrected chi connectivity index (χ4v) is 2.44. The Morgan fingerprint density at radius 3 is 2.52 bits per heavy atom. The standard InChI is InChI=1S/C19H21ClN2O3/c1-12(2)25-14-8-9-17(13(3)10-14)22-18(23)11-21-19(24)15-6-4-5-7-16(15)20/h4-10,12H,11H2,1-3H3,(H,21,24)(H,22,23). The number of hydrogen-bond acceptors (Lipinski definition) is 3. The zero-order chi connectivity index (χ0) is 18.4. The van der Waals surface area contributed by atoms with Gasteiger partial charge in [0.1, 0.15) is 5.75 Å². The molecule has 132 valence electrons. The summed E-state index contributed by atoms with van der Waals surface area (Å²) in [5.74, 6) is 0.0386. The number of rotatable bonds is 6. The van der Waals surface area contributed by atoms with Crippen LogP contribution in [0, 0.1) is 6.92 Å². The smallest absolute Gasteiger partial charge is 0.253 e. The lowest BCUT2D eigenvalue weighted by atomic mass is 10.2. The Bertz CT molecular complexity index is 775. The highest BCUT2D eigenvalue weighted by Gasteiger charge is 2.12. The zero-order valence-electron chi connectivity index (χ0n) is 14.4. The summed E-state index contributed by atoms with van der Waals surface area (Å²) in [6.07, 6.45) is 0.0832. The van der Waals surface area contributed by atoms with Crippen LogP contribution in [0.3, 0.4) is 0 Å².